The molecule has 6 nitrogen and oxygen atoms in total. The highest BCUT2D eigenvalue weighted by molar-refractivity contribution is 5.79. The van der Waals surface area contributed by atoms with Gasteiger partial charge in [-0.2, -0.15) is 5.10 Å². The molecule has 140 valence electrons. The molecule has 1 saturated carbocycles. The number of hydrogen-bond donors (Lipinski definition) is 2. The fourth-order valence-electron chi connectivity index (χ4n) is 2.66. The fraction of sp³-hybridized carbons (Fsp3) is 0.500. The van der Waals surface area contributed by atoms with Crippen molar-refractivity contribution in [2.75, 3.05) is 32.8 Å². The van der Waals surface area contributed by atoms with Crippen molar-refractivity contribution in [3.63, 3.8) is 0 Å². The monoisotopic (exact) mass is 355 g/mol. The SMILES string of the molecule is CCNC(=NCCOCC1CC1)NCCc1ccc(-n2cccn2)cc1. The molecule has 6 heteroatoms. The molecule has 1 aromatic carbocycles. The van der Waals surface area contributed by atoms with Crippen molar-refractivity contribution in [3.05, 3.63) is 48.3 Å². The summed E-state index contributed by atoms with van der Waals surface area (Å²) in [6.07, 6.45) is 7.34. The predicted molar refractivity (Wildman–Crippen MR) is 105 cm³/mol. The summed E-state index contributed by atoms with van der Waals surface area (Å²) in [5.74, 6) is 1.67. The predicted octanol–water partition coefficient (Wildman–Crippen LogP) is 2.40. The number of rotatable bonds is 10. The van der Waals surface area contributed by atoms with E-state index < -0.39 is 0 Å². The van der Waals surface area contributed by atoms with Gasteiger partial charge in [-0.15, -0.1) is 0 Å². The molecule has 3 rings (SSSR count). The van der Waals surface area contributed by atoms with Gasteiger partial charge in [0.15, 0.2) is 5.96 Å². The molecule has 0 amide bonds. The van der Waals surface area contributed by atoms with E-state index in [-0.39, 0.29) is 0 Å². The van der Waals surface area contributed by atoms with E-state index in [0.29, 0.717) is 13.2 Å². The number of hydrogen-bond acceptors (Lipinski definition) is 3. The molecule has 0 saturated heterocycles. The van der Waals surface area contributed by atoms with Crippen LogP contribution in [-0.2, 0) is 11.2 Å². The van der Waals surface area contributed by atoms with E-state index in [0.717, 1.165) is 43.7 Å². The average molecular weight is 355 g/mol. The Morgan fingerprint density at radius 1 is 1.27 bits per heavy atom. The Balaban J connectivity index is 1.39. The molecule has 1 heterocycles. The largest absolute Gasteiger partial charge is 0.379 e. The molecule has 0 aliphatic heterocycles. The van der Waals surface area contributed by atoms with Gasteiger partial charge in [0, 0.05) is 32.1 Å². The standard InChI is InChI=1S/C20H29N5O/c1-2-21-20(23-13-15-26-16-18-4-5-18)22-12-10-17-6-8-19(9-7-17)25-14-3-11-24-25/h3,6-9,11,14,18H,2,4-5,10,12-13,15-16H2,1H3,(H2,21,22,23). The van der Waals surface area contributed by atoms with Crippen LogP contribution in [0, 0.1) is 5.92 Å². The van der Waals surface area contributed by atoms with Gasteiger partial charge in [0.1, 0.15) is 0 Å². The van der Waals surface area contributed by atoms with E-state index in [2.05, 4.69) is 51.9 Å². The maximum Gasteiger partial charge on any atom is 0.191 e. The second kappa shape index (κ2) is 9.97. The highest BCUT2D eigenvalue weighted by Crippen LogP contribution is 2.28. The molecule has 0 atom stereocenters. The van der Waals surface area contributed by atoms with Gasteiger partial charge in [-0.1, -0.05) is 12.1 Å². The van der Waals surface area contributed by atoms with Crippen LogP contribution in [0.4, 0.5) is 0 Å². The van der Waals surface area contributed by atoms with E-state index in [1.165, 1.54) is 18.4 Å². The van der Waals surface area contributed by atoms with Gasteiger partial charge < -0.3 is 15.4 Å². The molecule has 0 radical (unpaired) electrons. The maximum atomic E-state index is 5.63. The van der Waals surface area contributed by atoms with E-state index in [1.54, 1.807) is 6.20 Å². The third kappa shape index (κ3) is 6.19. The van der Waals surface area contributed by atoms with Crippen LogP contribution in [0.3, 0.4) is 0 Å². The first kappa shape index (κ1) is 18.5. The molecule has 2 aromatic rings. The highest BCUT2D eigenvalue weighted by Gasteiger charge is 2.20. The van der Waals surface area contributed by atoms with Crippen LogP contribution in [0.1, 0.15) is 25.3 Å². The Morgan fingerprint density at radius 2 is 2.12 bits per heavy atom. The lowest BCUT2D eigenvalue weighted by atomic mass is 10.1. The van der Waals surface area contributed by atoms with E-state index >= 15 is 0 Å². The van der Waals surface area contributed by atoms with Crippen molar-refractivity contribution in [1.82, 2.24) is 20.4 Å². The summed E-state index contributed by atoms with van der Waals surface area (Å²) >= 11 is 0. The van der Waals surface area contributed by atoms with Crippen molar-refractivity contribution in [1.29, 1.82) is 0 Å². The summed E-state index contributed by atoms with van der Waals surface area (Å²) in [5.41, 5.74) is 2.37. The lowest BCUT2D eigenvalue weighted by Gasteiger charge is -2.11. The maximum absolute atomic E-state index is 5.63. The summed E-state index contributed by atoms with van der Waals surface area (Å²) in [5, 5.41) is 10.9. The van der Waals surface area contributed by atoms with Crippen LogP contribution in [0.5, 0.6) is 0 Å². The second-order valence-corrected chi connectivity index (χ2v) is 6.57. The Kier molecular flexibility index (Phi) is 7.07. The molecule has 2 N–H and O–H groups in total. The number of ether oxygens (including phenoxy) is 1. The molecule has 0 bridgehead atoms. The van der Waals surface area contributed by atoms with Gasteiger partial charge >= 0.3 is 0 Å². The molecule has 1 aliphatic carbocycles. The number of nitrogens with zero attached hydrogens (tertiary/aromatic N) is 3. The Bertz CT molecular complexity index is 662. The van der Waals surface area contributed by atoms with Crippen LogP contribution in [0.15, 0.2) is 47.7 Å². The van der Waals surface area contributed by atoms with Crippen molar-refractivity contribution in [2.24, 2.45) is 10.9 Å². The van der Waals surface area contributed by atoms with Gasteiger partial charge in [-0.25, -0.2) is 4.68 Å². The number of benzene rings is 1. The zero-order valence-corrected chi connectivity index (χ0v) is 15.5. The molecular weight excluding hydrogens is 326 g/mol. The lowest BCUT2D eigenvalue weighted by molar-refractivity contribution is 0.131. The van der Waals surface area contributed by atoms with E-state index in [1.807, 2.05) is 16.9 Å². The minimum Gasteiger partial charge on any atom is -0.379 e. The van der Waals surface area contributed by atoms with Gasteiger partial charge in [-0.05, 0) is 55.9 Å². The van der Waals surface area contributed by atoms with Crippen molar-refractivity contribution in [3.8, 4) is 5.69 Å². The zero-order chi connectivity index (χ0) is 18.0. The summed E-state index contributed by atoms with van der Waals surface area (Å²) < 4.78 is 7.50. The number of aliphatic imine (C=N–C) groups is 1. The Labute approximate surface area is 155 Å². The average Bonchev–Trinajstić information content (AvgIpc) is 3.32. The Hall–Kier alpha value is -2.34. The van der Waals surface area contributed by atoms with Crippen LogP contribution in [0.2, 0.25) is 0 Å². The normalized spacial score (nSPS) is 14.4. The van der Waals surface area contributed by atoms with E-state index in [9.17, 15) is 0 Å². The highest BCUT2D eigenvalue weighted by atomic mass is 16.5. The van der Waals surface area contributed by atoms with Crippen LogP contribution < -0.4 is 10.6 Å². The molecule has 1 aromatic heterocycles. The number of aromatic nitrogens is 2. The summed E-state index contributed by atoms with van der Waals surface area (Å²) in [4.78, 5) is 4.57. The zero-order valence-electron chi connectivity index (χ0n) is 15.5. The summed E-state index contributed by atoms with van der Waals surface area (Å²) in [6, 6.07) is 10.4. The first-order valence-corrected chi connectivity index (χ1v) is 9.54. The minimum atomic E-state index is 0.695. The minimum absolute atomic E-state index is 0.695. The Morgan fingerprint density at radius 3 is 2.81 bits per heavy atom. The smallest absolute Gasteiger partial charge is 0.191 e. The first-order chi connectivity index (χ1) is 12.8. The van der Waals surface area contributed by atoms with Crippen LogP contribution in [-0.4, -0.2) is 48.6 Å². The van der Waals surface area contributed by atoms with E-state index in [4.69, 9.17) is 4.74 Å². The lowest BCUT2D eigenvalue weighted by Crippen LogP contribution is -2.38. The molecular formula is C20H29N5O. The third-order valence-corrected chi connectivity index (χ3v) is 4.31. The molecule has 26 heavy (non-hydrogen) atoms. The summed E-state index contributed by atoms with van der Waals surface area (Å²) in [6.45, 7) is 6.06. The number of guanidine groups is 1. The molecule has 1 aliphatic rings. The van der Waals surface area contributed by atoms with Crippen LogP contribution >= 0.6 is 0 Å². The molecule has 0 spiro atoms. The van der Waals surface area contributed by atoms with Crippen LogP contribution in [0.25, 0.3) is 5.69 Å². The van der Waals surface area contributed by atoms with Gasteiger partial charge in [0.25, 0.3) is 0 Å². The first-order valence-electron chi connectivity index (χ1n) is 9.54. The fourth-order valence-corrected chi connectivity index (χ4v) is 2.66. The van der Waals surface area contributed by atoms with Crippen molar-refractivity contribution >= 4 is 5.96 Å². The van der Waals surface area contributed by atoms with Crippen molar-refractivity contribution in [2.45, 2.75) is 26.2 Å². The molecule has 0 unspecified atom stereocenters. The quantitative estimate of drug-likeness (QED) is 0.390. The topological polar surface area (TPSA) is 63.5 Å². The van der Waals surface area contributed by atoms with Crippen molar-refractivity contribution < 1.29 is 4.74 Å². The molecule has 1 fully saturated rings. The van der Waals surface area contributed by atoms with Gasteiger partial charge in [0.05, 0.1) is 18.8 Å². The van der Waals surface area contributed by atoms with Gasteiger partial charge in [-0.3, -0.25) is 4.99 Å². The number of nitrogens with one attached hydrogen (secondary N) is 2. The third-order valence-electron chi connectivity index (χ3n) is 4.31. The summed E-state index contributed by atoms with van der Waals surface area (Å²) in [7, 11) is 0. The van der Waals surface area contributed by atoms with Gasteiger partial charge in [0.2, 0.25) is 0 Å². The second-order valence-electron chi connectivity index (χ2n) is 6.57.